The fourth-order valence-electron chi connectivity index (χ4n) is 2.43. The fraction of sp³-hybridized carbons (Fsp3) is 0.300. The highest BCUT2D eigenvalue weighted by Gasteiger charge is 2.16. The highest BCUT2D eigenvalue weighted by molar-refractivity contribution is 7.89. The summed E-state index contributed by atoms with van der Waals surface area (Å²) >= 11 is 11.8. The maximum Gasteiger partial charge on any atom is 0.269 e. The number of halogens is 2. The Labute approximate surface area is 191 Å². The minimum Gasteiger partial charge on any atom is -0.492 e. The van der Waals surface area contributed by atoms with Crippen LogP contribution in [0.15, 0.2) is 47.4 Å². The maximum atomic E-state index is 12.1. The maximum absolute atomic E-state index is 12.1. The van der Waals surface area contributed by atoms with Crippen LogP contribution in [-0.2, 0) is 14.8 Å². The number of carbonyl (C=O) groups is 2. The van der Waals surface area contributed by atoms with Crippen LogP contribution in [0.2, 0.25) is 10.0 Å². The summed E-state index contributed by atoms with van der Waals surface area (Å²) in [6.45, 7) is 3.67. The van der Waals surface area contributed by atoms with E-state index >= 15 is 0 Å². The van der Waals surface area contributed by atoms with Crippen LogP contribution >= 0.6 is 23.2 Å². The Morgan fingerprint density at radius 1 is 1.03 bits per heavy atom. The zero-order valence-corrected chi connectivity index (χ0v) is 19.3. The van der Waals surface area contributed by atoms with E-state index in [1.807, 2.05) is 0 Å². The van der Waals surface area contributed by atoms with Crippen molar-refractivity contribution in [2.75, 3.05) is 6.61 Å². The summed E-state index contributed by atoms with van der Waals surface area (Å²) in [7, 11) is -3.64. The number of nitrogens with one attached hydrogen (secondary N) is 3. The molecule has 11 heteroatoms. The second-order valence-corrected chi connectivity index (χ2v) is 9.39. The average molecular weight is 488 g/mol. The molecule has 0 spiro atoms. The van der Waals surface area contributed by atoms with Crippen molar-refractivity contribution in [2.24, 2.45) is 0 Å². The summed E-state index contributed by atoms with van der Waals surface area (Å²) in [5, 5.41) is 0.874. The van der Waals surface area contributed by atoms with Gasteiger partial charge in [0.25, 0.3) is 5.91 Å². The second kappa shape index (κ2) is 11.3. The molecular weight excluding hydrogens is 465 g/mol. The topological polar surface area (TPSA) is 114 Å². The zero-order chi connectivity index (χ0) is 23.0. The molecule has 31 heavy (non-hydrogen) atoms. The highest BCUT2D eigenvalue weighted by atomic mass is 35.5. The summed E-state index contributed by atoms with van der Waals surface area (Å²) in [6.07, 6.45) is 0.514. The summed E-state index contributed by atoms with van der Waals surface area (Å²) in [6, 6.07) is 9.95. The molecule has 0 heterocycles. The van der Waals surface area contributed by atoms with Gasteiger partial charge in [-0.3, -0.25) is 20.4 Å². The van der Waals surface area contributed by atoms with Crippen LogP contribution in [0.25, 0.3) is 0 Å². The fourth-order valence-corrected chi connectivity index (χ4v) is 4.15. The summed E-state index contributed by atoms with van der Waals surface area (Å²) in [5.74, 6) is -0.508. The Balaban J connectivity index is 1.75. The third-order valence-corrected chi connectivity index (χ3v) is 6.04. The van der Waals surface area contributed by atoms with Gasteiger partial charge in [-0.2, -0.15) is 0 Å². The molecule has 0 unspecified atom stereocenters. The van der Waals surface area contributed by atoms with Crippen molar-refractivity contribution < 1.29 is 22.7 Å². The standard InChI is InChI=1S/C20H23Cl2N3O5S/c1-13(2)25-31(28,29)16-8-5-14(6-9-16)20(27)24-23-19(26)4-3-11-30-18-10-7-15(21)12-17(18)22/h5-10,12-13,25H,3-4,11H2,1-2H3,(H,23,26)(H,24,27). The predicted octanol–water partition coefficient (Wildman–Crippen LogP) is 3.30. The third-order valence-electron chi connectivity index (χ3n) is 3.83. The van der Waals surface area contributed by atoms with Gasteiger partial charge in [0.2, 0.25) is 15.9 Å². The van der Waals surface area contributed by atoms with Gasteiger partial charge in [-0.15, -0.1) is 0 Å². The number of rotatable bonds is 9. The first kappa shape index (κ1) is 24.9. The van der Waals surface area contributed by atoms with Crippen molar-refractivity contribution in [3.63, 3.8) is 0 Å². The molecule has 0 aromatic heterocycles. The molecule has 168 valence electrons. The van der Waals surface area contributed by atoms with Crippen LogP contribution in [0, 0.1) is 0 Å². The van der Waals surface area contributed by atoms with Gasteiger partial charge < -0.3 is 4.74 Å². The molecule has 2 rings (SSSR count). The van der Waals surface area contributed by atoms with Gasteiger partial charge in [0.05, 0.1) is 16.5 Å². The minimum absolute atomic E-state index is 0.0441. The lowest BCUT2D eigenvalue weighted by Gasteiger charge is -2.11. The lowest BCUT2D eigenvalue weighted by molar-refractivity contribution is -0.122. The minimum atomic E-state index is -3.64. The Morgan fingerprint density at radius 2 is 1.71 bits per heavy atom. The van der Waals surface area contributed by atoms with E-state index in [4.69, 9.17) is 27.9 Å². The Morgan fingerprint density at radius 3 is 2.32 bits per heavy atom. The van der Waals surface area contributed by atoms with Crippen molar-refractivity contribution in [3.8, 4) is 5.75 Å². The van der Waals surface area contributed by atoms with E-state index < -0.39 is 21.8 Å². The number of sulfonamides is 1. The molecule has 0 saturated carbocycles. The van der Waals surface area contributed by atoms with Crippen molar-refractivity contribution in [1.82, 2.24) is 15.6 Å². The molecule has 0 saturated heterocycles. The molecule has 2 aromatic rings. The van der Waals surface area contributed by atoms with Gasteiger partial charge >= 0.3 is 0 Å². The van der Waals surface area contributed by atoms with Crippen molar-refractivity contribution in [1.29, 1.82) is 0 Å². The lowest BCUT2D eigenvalue weighted by atomic mass is 10.2. The summed E-state index contributed by atoms with van der Waals surface area (Å²) in [5.41, 5.74) is 4.78. The summed E-state index contributed by atoms with van der Waals surface area (Å²) in [4.78, 5) is 24.0. The van der Waals surface area contributed by atoms with Gasteiger partial charge in [0.1, 0.15) is 5.75 Å². The van der Waals surface area contributed by atoms with Gasteiger partial charge in [-0.05, 0) is 62.7 Å². The largest absolute Gasteiger partial charge is 0.492 e. The Bertz CT molecular complexity index is 1030. The van der Waals surface area contributed by atoms with Crippen molar-refractivity contribution >= 4 is 45.0 Å². The number of benzene rings is 2. The molecular formula is C20H23Cl2N3O5S. The second-order valence-electron chi connectivity index (χ2n) is 6.83. The number of hydrogen-bond donors (Lipinski definition) is 3. The van der Waals surface area contributed by atoms with Crippen LogP contribution in [0.5, 0.6) is 5.75 Å². The number of ether oxygens (including phenoxy) is 1. The lowest BCUT2D eigenvalue weighted by Crippen LogP contribution is -2.41. The van der Waals surface area contributed by atoms with E-state index in [0.717, 1.165) is 0 Å². The first-order valence-electron chi connectivity index (χ1n) is 9.38. The average Bonchev–Trinajstić information content (AvgIpc) is 2.70. The number of hydrazine groups is 1. The first-order valence-corrected chi connectivity index (χ1v) is 11.6. The highest BCUT2D eigenvalue weighted by Crippen LogP contribution is 2.27. The molecule has 0 fully saturated rings. The van der Waals surface area contributed by atoms with Crippen LogP contribution < -0.4 is 20.3 Å². The molecule has 3 N–H and O–H groups in total. The van der Waals surface area contributed by atoms with Crippen LogP contribution in [0.1, 0.15) is 37.0 Å². The van der Waals surface area contributed by atoms with E-state index in [-0.39, 0.29) is 29.5 Å². The number of hydrogen-bond acceptors (Lipinski definition) is 5. The molecule has 0 atom stereocenters. The van der Waals surface area contributed by atoms with E-state index in [1.165, 1.54) is 24.3 Å². The molecule has 0 aliphatic carbocycles. The Hall–Kier alpha value is -2.33. The van der Waals surface area contributed by atoms with Crippen LogP contribution in [0.3, 0.4) is 0 Å². The van der Waals surface area contributed by atoms with E-state index in [2.05, 4.69) is 15.6 Å². The monoisotopic (exact) mass is 487 g/mol. The van der Waals surface area contributed by atoms with Crippen LogP contribution in [-0.4, -0.2) is 32.9 Å². The van der Waals surface area contributed by atoms with Gasteiger partial charge in [-0.1, -0.05) is 23.2 Å². The van der Waals surface area contributed by atoms with Crippen LogP contribution in [0.4, 0.5) is 0 Å². The molecule has 0 aliphatic rings. The first-order chi connectivity index (χ1) is 14.6. The molecule has 0 radical (unpaired) electrons. The van der Waals surface area contributed by atoms with E-state index in [1.54, 1.807) is 32.0 Å². The third kappa shape index (κ3) is 8.02. The Kier molecular flexibility index (Phi) is 9.12. The van der Waals surface area contributed by atoms with Crippen molar-refractivity contribution in [2.45, 2.75) is 37.6 Å². The number of amides is 2. The molecule has 2 amide bonds. The molecule has 8 nitrogen and oxygen atoms in total. The smallest absolute Gasteiger partial charge is 0.269 e. The van der Waals surface area contributed by atoms with E-state index in [9.17, 15) is 18.0 Å². The van der Waals surface area contributed by atoms with Crippen molar-refractivity contribution in [3.05, 3.63) is 58.1 Å². The van der Waals surface area contributed by atoms with E-state index in [0.29, 0.717) is 22.2 Å². The van der Waals surface area contributed by atoms with Gasteiger partial charge in [-0.25, -0.2) is 13.1 Å². The van der Waals surface area contributed by atoms with Gasteiger partial charge in [0, 0.05) is 23.0 Å². The number of carbonyl (C=O) groups excluding carboxylic acids is 2. The zero-order valence-electron chi connectivity index (χ0n) is 16.9. The normalized spacial score (nSPS) is 11.3. The quantitative estimate of drug-likeness (QED) is 0.370. The molecule has 0 bridgehead atoms. The van der Waals surface area contributed by atoms with Gasteiger partial charge in [0.15, 0.2) is 0 Å². The molecule has 0 aliphatic heterocycles. The molecule has 2 aromatic carbocycles. The summed E-state index contributed by atoms with van der Waals surface area (Å²) < 4.78 is 32.1. The SMILES string of the molecule is CC(C)NS(=O)(=O)c1ccc(C(=O)NNC(=O)CCCOc2ccc(Cl)cc2Cl)cc1. The predicted molar refractivity (Wildman–Crippen MR) is 119 cm³/mol.